The van der Waals surface area contributed by atoms with E-state index in [0.29, 0.717) is 19.0 Å². The lowest BCUT2D eigenvalue weighted by Crippen LogP contribution is -2.42. The molecule has 2 atom stereocenters. The summed E-state index contributed by atoms with van der Waals surface area (Å²) in [7, 11) is 2.08. The molecule has 0 bridgehead atoms. The fraction of sp³-hybridized carbons (Fsp3) is 0.560. The zero-order valence-corrected chi connectivity index (χ0v) is 19.3. The van der Waals surface area contributed by atoms with Gasteiger partial charge in [-0.3, -0.25) is 9.69 Å². The third kappa shape index (κ3) is 5.95. The number of benzene rings is 1. The van der Waals surface area contributed by atoms with Crippen LogP contribution in [0.1, 0.15) is 48.3 Å². The lowest BCUT2D eigenvalue weighted by atomic mass is 9.95. The topological polar surface area (TPSA) is 47.0 Å². The third-order valence-corrected chi connectivity index (χ3v) is 7.72. The van der Waals surface area contributed by atoms with Gasteiger partial charge in [-0.15, -0.1) is 11.3 Å². The van der Waals surface area contributed by atoms with Gasteiger partial charge in [-0.2, -0.15) is 0 Å². The van der Waals surface area contributed by atoms with Crippen LogP contribution in [-0.2, 0) is 4.79 Å². The summed E-state index contributed by atoms with van der Waals surface area (Å²) in [5, 5.41) is 12.6. The Labute approximate surface area is 190 Å². The Morgan fingerprint density at radius 1 is 1.13 bits per heavy atom. The lowest BCUT2D eigenvalue weighted by molar-refractivity contribution is -0.133. The molecule has 2 saturated heterocycles. The van der Waals surface area contributed by atoms with Crippen molar-refractivity contribution in [1.82, 2.24) is 14.7 Å². The van der Waals surface area contributed by atoms with Crippen LogP contribution in [0.4, 0.5) is 0 Å². The number of amides is 1. The summed E-state index contributed by atoms with van der Waals surface area (Å²) < 4.78 is 0. The second-order valence-corrected chi connectivity index (χ2v) is 10.1. The average molecular weight is 442 g/mol. The van der Waals surface area contributed by atoms with E-state index in [4.69, 9.17) is 0 Å². The smallest absolute Gasteiger partial charge is 0.237 e. The van der Waals surface area contributed by atoms with Crippen LogP contribution in [0.15, 0.2) is 47.8 Å². The molecule has 2 unspecified atom stereocenters. The number of hydrogen-bond acceptors (Lipinski definition) is 5. The molecule has 5 nitrogen and oxygen atoms in total. The normalized spacial score (nSPS) is 21.6. The third-order valence-electron chi connectivity index (χ3n) is 6.74. The largest absolute Gasteiger partial charge is 0.387 e. The molecule has 6 heteroatoms. The molecule has 2 aliphatic heterocycles. The number of likely N-dealkylation sites (tertiary alicyclic amines) is 2. The van der Waals surface area contributed by atoms with Crippen molar-refractivity contribution in [3.63, 3.8) is 0 Å². The van der Waals surface area contributed by atoms with E-state index < -0.39 is 6.10 Å². The summed E-state index contributed by atoms with van der Waals surface area (Å²) in [4.78, 5) is 21.0. The van der Waals surface area contributed by atoms with Crippen LogP contribution in [0.5, 0.6) is 0 Å². The molecule has 2 aliphatic rings. The summed E-state index contributed by atoms with van der Waals surface area (Å²) in [5.41, 5.74) is 0.991. The van der Waals surface area contributed by atoms with Crippen LogP contribution in [0.25, 0.3) is 0 Å². The monoisotopic (exact) mass is 441 g/mol. The van der Waals surface area contributed by atoms with Crippen LogP contribution in [0.3, 0.4) is 0 Å². The number of rotatable bonds is 8. The quantitative estimate of drug-likeness (QED) is 0.677. The molecule has 31 heavy (non-hydrogen) atoms. The minimum Gasteiger partial charge on any atom is -0.387 e. The van der Waals surface area contributed by atoms with Gasteiger partial charge in [0.1, 0.15) is 0 Å². The van der Waals surface area contributed by atoms with Gasteiger partial charge in [-0.25, -0.2) is 0 Å². The second kappa shape index (κ2) is 10.7. The van der Waals surface area contributed by atoms with Crippen molar-refractivity contribution < 1.29 is 9.90 Å². The molecule has 0 radical (unpaired) electrons. The van der Waals surface area contributed by atoms with Crippen molar-refractivity contribution in [3.05, 3.63) is 58.3 Å². The fourth-order valence-corrected chi connectivity index (χ4v) is 5.92. The molecular formula is C25H35N3O2S. The Hall–Kier alpha value is -1.73. The highest BCUT2D eigenvalue weighted by atomic mass is 32.1. The number of carbonyl (C=O) groups is 1. The summed E-state index contributed by atoms with van der Waals surface area (Å²) in [6, 6.07) is 14.4. The molecule has 0 spiro atoms. The summed E-state index contributed by atoms with van der Waals surface area (Å²) in [6.45, 7) is 5.10. The molecule has 0 saturated carbocycles. The molecule has 4 rings (SSSR count). The van der Waals surface area contributed by atoms with E-state index in [0.717, 1.165) is 57.4 Å². The highest BCUT2D eigenvalue weighted by molar-refractivity contribution is 7.10. The Morgan fingerprint density at radius 3 is 2.61 bits per heavy atom. The van der Waals surface area contributed by atoms with Crippen LogP contribution in [0, 0.1) is 5.92 Å². The highest BCUT2D eigenvalue weighted by Gasteiger charge is 2.31. The standard InChI is InChI=1S/C25H35N3O2S/c1-26(19-25(30)28-13-5-9-22(28)24-10-6-16-31-24)17-20-11-14-27(15-12-20)18-23(29)21-7-3-2-4-8-21/h2-4,6-8,10,16,20,22-23,29H,5,9,11-15,17-19H2,1H3. The van der Waals surface area contributed by atoms with E-state index in [9.17, 15) is 9.90 Å². The van der Waals surface area contributed by atoms with Gasteiger partial charge in [-0.05, 0) is 68.7 Å². The maximum Gasteiger partial charge on any atom is 0.237 e. The van der Waals surface area contributed by atoms with E-state index in [1.165, 1.54) is 4.88 Å². The molecule has 1 N–H and O–H groups in total. The first-order chi connectivity index (χ1) is 15.1. The molecule has 1 aromatic carbocycles. The molecule has 1 amide bonds. The van der Waals surface area contributed by atoms with Crippen LogP contribution in [-0.4, -0.2) is 72.0 Å². The maximum atomic E-state index is 13.0. The molecule has 0 aliphatic carbocycles. The first-order valence-electron chi connectivity index (χ1n) is 11.6. The lowest BCUT2D eigenvalue weighted by Gasteiger charge is -2.35. The van der Waals surface area contributed by atoms with Gasteiger partial charge in [0.2, 0.25) is 5.91 Å². The molecule has 2 fully saturated rings. The van der Waals surface area contributed by atoms with Crippen LogP contribution in [0.2, 0.25) is 0 Å². The van der Waals surface area contributed by atoms with Crippen LogP contribution < -0.4 is 0 Å². The van der Waals surface area contributed by atoms with E-state index in [1.807, 2.05) is 30.3 Å². The van der Waals surface area contributed by atoms with Crippen molar-refractivity contribution in [2.24, 2.45) is 5.92 Å². The fourth-order valence-electron chi connectivity index (χ4n) is 5.05. The first-order valence-corrected chi connectivity index (χ1v) is 12.4. The van der Waals surface area contributed by atoms with Crippen molar-refractivity contribution in [2.45, 2.75) is 37.8 Å². The van der Waals surface area contributed by atoms with Gasteiger partial charge in [-0.1, -0.05) is 36.4 Å². The SMILES string of the molecule is CN(CC(=O)N1CCCC1c1cccs1)CC1CCN(CC(O)c2ccccc2)CC1. The van der Waals surface area contributed by atoms with Gasteiger partial charge < -0.3 is 14.9 Å². The second-order valence-electron chi connectivity index (χ2n) is 9.13. The van der Waals surface area contributed by atoms with Crippen molar-refractivity contribution in [3.8, 4) is 0 Å². The van der Waals surface area contributed by atoms with Crippen LogP contribution >= 0.6 is 11.3 Å². The number of β-amino-alcohol motifs (C(OH)–C–C–N with tert-alkyl or cyclic N) is 1. The minimum atomic E-state index is -0.421. The number of aliphatic hydroxyl groups is 1. The number of nitrogens with zero attached hydrogens (tertiary/aromatic N) is 3. The van der Waals surface area contributed by atoms with Gasteiger partial charge in [0, 0.05) is 24.5 Å². The first kappa shape index (κ1) is 22.5. The summed E-state index contributed by atoms with van der Waals surface area (Å²) in [6.07, 6.45) is 4.02. The Bertz CT molecular complexity index is 805. The molecule has 3 heterocycles. The number of thiophene rings is 1. The Kier molecular flexibility index (Phi) is 7.77. The van der Waals surface area contributed by atoms with Crippen molar-refractivity contribution in [1.29, 1.82) is 0 Å². The number of carbonyl (C=O) groups excluding carboxylic acids is 1. The zero-order chi connectivity index (χ0) is 21.6. The van der Waals surface area contributed by atoms with E-state index in [2.05, 4.69) is 39.3 Å². The minimum absolute atomic E-state index is 0.266. The number of likely N-dealkylation sites (N-methyl/N-ethyl adjacent to an activating group) is 1. The predicted molar refractivity (Wildman–Crippen MR) is 126 cm³/mol. The summed E-state index contributed by atoms with van der Waals surface area (Å²) >= 11 is 1.76. The Balaban J connectivity index is 1.19. The van der Waals surface area contributed by atoms with Gasteiger partial charge in [0.15, 0.2) is 0 Å². The Morgan fingerprint density at radius 2 is 1.90 bits per heavy atom. The van der Waals surface area contributed by atoms with Gasteiger partial charge in [0.25, 0.3) is 0 Å². The molecular weight excluding hydrogens is 406 g/mol. The van der Waals surface area contributed by atoms with E-state index in [1.54, 1.807) is 11.3 Å². The number of aliphatic hydroxyl groups excluding tert-OH is 1. The summed E-state index contributed by atoms with van der Waals surface area (Å²) in [5.74, 6) is 0.886. The van der Waals surface area contributed by atoms with Gasteiger partial charge in [0.05, 0.1) is 18.7 Å². The van der Waals surface area contributed by atoms with Gasteiger partial charge >= 0.3 is 0 Å². The molecule has 2 aromatic rings. The zero-order valence-electron chi connectivity index (χ0n) is 18.5. The molecule has 1 aromatic heterocycles. The van der Waals surface area contributed by atoms with Crippen molar-refractivity contribution in [2.75, 3.05) is 46.3 Å². The number of hydrogen-bond donors (Lipinski definition) is 1. The van der Waals surface area contributed by atoms with E-state index in [-0.39, 0.29) is 11.9 Å². The average Bonchev–Trinajstić information content (AvgIpc) is 3.47. The van der Waals surface area contributed by atoms with Crippen molar-refractivity contribution >= 4 is 17.2 Å². The van der Waals surface area contributed by atoms with E-state index >= 15 is 0 Å². The molecule has 168 valence electrons. The predicted octanol–water partition coefficient (Wildman–Crippen LogP) is 3.79. The maximum absolute atomic E-state index is 13.0. The number of piperidine rings is 1. The highest BCUT2D eigenvalue weighted by Crippen LogP contribution is 2.34.